The molecule has 0 aromatic heterocycles. The summed E-state index contributed by atoms with van der Waals surface area (Å²) in [6.45, 7) is 2.39. The Labute approximate surface area is 120 Å². The first kappa shape index (κ1) is 12.1. The van der Waals surface area contributed by atoms with Gasteiger partial charge in [0.25, 0.3) is 0 Å². The van der Waals surface area contributed by atoms with Crippen LogP contribution in [-0.4, -0.2) is 41.8 Å². The predicted octanol–water partition coefficient (Wildman–Crippen LogP) is 2.48. The summed E-state index contributed by atoms with van der Waals surface area (Å²) in [5.74, 6) is 0.500. The first-order chi connectivity index (χ1) is 8.65. The molecule has 18 heavy (non-hydrogen) atoms. The summed E-state index contributed by atoms with van der Waals surface area (Å²) in [6.07, 6.45) is 0.312. The Morgan fingerprint density at radius 3 is 2.67 bits per heavy atom. The summed E-state index contributed by atoms with van der Waals surface area (Å²) in [7, 11) is 0. The second-order valence-electron chi connectivity index (χ2n) is 4.97. The van der Waals surface area contributed by atoms with E-state index < -0.39 is 6.09 Å². The predicted molar refractivity (Wildman–Crippen MR) is 78.0 cm³/mol. The van der Waals surface area contributed by atoms with Gasteiger partial charge < -0.3 is 14.9 Å². The van der Waals surface area contributed by atoms with Crippen LogP contribution in [0.1, 0.15) is 6.42 Å². The molecule has 1 aromatic rings. The fourth-order valence-corrected chi connectivity index (χ4v) is 3.43. The van der Waals surface area contributed by atoms with Crippen LogP contribution in [0.3, 0.4) is 0 Å². The van der Waals surface area contributed by atoms with Crippen LogP contribution in [0, 0.1) is 9.49 Å². The Morgan fingerprint density at radius 2 is 2.00 bits per heavy atom. The molecule has 0 radical (unpaired) electrons. The van der Waals surface area contributed by atoms with E-state index in [-0.39, 0.29) is 0 Å². The summed E-state index contributed by atoms with van der Waals surface area (Å²) in [5.41, 5.74) is 1.22. The van der Waals surface area contributed by atoms with Gasteiger partial charge in [0.2, 0.25) is 0 Å². The van der Waals surface area contributed by atoms with Crippen molar-refractivity contribution in [2.24, 2.45) is 5.92 Å². The highest BCUT2D eigenvalue weighted by molar-refractivity contribution is 14.1. The minimum absolute atomic E-state index is 0.362. The molecule has 5 heteroatoms. The minimum Gasteiger partial charge on any atom is -0.465 e. The zero-order valence-electron chi connectivity index (χ0n) is 9.92. The number of halogens is 1. The number of carbonyl (C=O) groups is 1. The maximum atomic E-state index is 11.0. The molecule has 1 N–H and O–H groups in total. The highest BCUT2D eigenvalue weighted by Gasteiger charge is 2.42. The molecule has 2 heterocycles. The zero-order chi connectivity index (χ0) is 12.7. The second-order valence-corrected chi connectivity index (χ2v) is 6.22. The van der Waals surface area contributed by atoms with E-state index >= 15 is 0 Å². The Bertz CT molecular complexity index is 463. The van der Waals surface area contributed by atoms with E-state index in [1.807, 2.05) is 0 Å². The second kappa shape index (κ2) is 4.60. The van der Waals surface area contributed by atoms with Gasteiger partial charge in [0.1, 0.15) is 0 Å². The number of anilines is 1. The van der Waals surface area contributed by atoms with E-state index in [1.54, 1.807) is 4.90 Å². The molecule has 2 fully saturated rings. The van der Waals surface area contributed by atoms with Crippen LogP contribution >= 0.6 is 22.6 Å². The van der Waals surface area contributed by atoms with Crippen molar-refractivity contribution in [3.63, 3.8) is 0 Å². The fourth-order valence-electron chi connectivity index (χ4n) is 3.07. The lowest BCUT2D eigenvalue weighted by molar-refractivity contribution is 0.153. The lowest BCUT2D eigenvalue weighted by atomic mass is 10.1. The van der Waals surface area contributed by atoms with Crippen LogP contribution < -0.4 is 4.90 Å². The highest BCUT2D eigenvalue weighted by atomic mass is 127. The van der Waals surface area contributed by atoms with Gasteiger partial charge in [0, 0.05) is 34.8 Å². The quantitative estimate of drug-likeness (QED) is 0.785. The van der Waals surface area contributed by atoms with Crippen molar-refractivity contribution >= 4 is 34.4 Å². The van der Waals surface area contributed by atoms with Crippen molar-refractivity contribution in [1.82, 2.24) is 4.90 Å². The van der Waals surface area contributed by atoms with E-state index in [2.05, 4.69) is 51.8 Å². The van der Waals surface area contributed by atoms with Gasteiger partial charge in [-0.05, 0) is 53.3 Å². The number of rotatable bonds is 1. The highest BCUT2D eigenvalue weighted by Crippen LogP contribution is 2.35. The van der Waals surface area contributed by atoms with Gasteiger partial charge in [0.05, 0.1) is 6.04 Å². The van der Waals surface area contributed by atoms with E-state index in [0.29, 0.717) is 25.0 Å². The number of hydrogen-bond donors (Lipinski definition) is 1. The number of benzene rings is 1. The summed E-state index contributed by atoms with van der Waals surface area (Å²) in [6, 6.07) is 8.84. The Balaban J connectivity index is 1.79. The van der Waals surface area contributed by atoms with Crippen LogP contribution in [0.5, 0.6) is 0 Å². The smallest absolute Gasteiger partial charge is 0.407 e. The molecule has 2 aliphatic heterocycles. The van der Waals surface area contributed by atoms with Crippen molar-refractivity contribution in [2.45, 2.75) is 12.5 Å². The Morgan fingerprint density at radius 1 is 1.28 bits per heavy atom. The number of hydrogen-bond acceptors (Lipinski definition) is 2. The third kappa shape index (κ3) is 2.04. The van der Waals surface area contributed by atoms with Gasteiger partial charge >= 0.3 is 6.09 Å². The first-order valence-corrected chi connectivity index (χ1v) is 7.23. The summed E-state index contributed by atoms with van der Waals surface area (Å²) < 4.78 is 1.23. The third-order valence-electron chi connectivity index (χ3n) is 3.98. The van der Waals surface area contributed by atoms with E-state index in [9.17, 15) is 4.79 Å². The molecule has 2 atom stereocenters. The van der Waals surface area contributed by atoms with E-state index in [1.165, 1.54) is 9.26 Å². The van der Waals surface area contributed by atoms with Crippen LogP contribution in [0.15, 0.2) is 24.3 Å². The SMILES string of the molecule is O=C(O)N1C[C@H]2CCN(c3ccc(I)cc3)[C@H]2C1. The number of fused-ring (bicyclic) bond motifs is 1. The van der Waals surface area contributed by atoms with Crippen molar-refractivity contribution in [1.29, 1.82) is 0 Å². The molecule has 96 valence electrons. The molecule has 0 aliphatic carbocycles. The monoisotopic (exact) mass is 358 g/mol. The van der Waals surface area contributed by atoms with Gasteiger partial charge in [-0.15, -0.1) is 0 Å². The van der Waals surface area contributed by atoms with Gasteiger partial charge in [-0.25, -0.2) is 4.79 Å². The molecule has 4 nitrogen and oxygen atoms in total. The van der Waals surface area contributed by atoms with Gasteiger partial charge in [-0.3, -0.25) is 0 Å². The number of likely N-dealkylation sites (tertiary alicyclic amines) is 1. The minimum atomic E-state index is -0.785. The molecule has 0 bridgehead atoms. The molecule has 3 rings (SSSR count). The van der Waals surface area contributed by atoms with E-state index in [0.717, 1.165) is 13.0 Å². The summed E-state index contributed by atoms with van der Waals surface area (Å²) in [4.78, 5) is 14.9. The average molecular weight is 358 g/mol. The molecular formula is C13H15IN2O2. The maximum Gasteiger partial charge on any atom is 0.407 e. The molecular weight excluding hydrogens is 343 g/mol. The topological polar surface area (TPSA) is 43.8 Å². The van der Waals surface area contributed by atoms with Gasteiger partial charge in [0.15, 0.2) is 0 Å². The molecule has 1 aromatic carbocycles. The number of nitrogens with zero attached hydrogens (tertiary/aromatic N) is 2. The average Bonchev–Trinajstić information content (AvgIpc) is 2.89. The molecule has 0 spiro atoms. The lowest BCUT2D eigenvalue weighted by Gasteiger charge is -2.26. The van der Waals surface area contributed by atoms with Crippen molar-refractivity contribution in [3.8, 4) is 0 Å². The van der Waals surface area contributed by atoms with Crippen LogP contribution in [0.2, 0.25) is 0 Å². The van der Waals surface area contributed by atoms with Crippen LogP contribution in [0.25, 0.3) is 0 Å². The zero-order valence-corrected chi connectivity index (χ0v) is 12.1. The standard InChI is InChI=1S/C13H15IN2O2/c14-10-1-3-11(4-2-10)16-6-5-9-7-15(13(17)18)8-12(9)16/h1-4,9,12H,5-8H2,(H,17,18)/t9-,12+/m1/s1. The van der Waals surface area contributed by atoms with Gasteiger partial charge in [-0.2, -0.15) is 0 Å². The lowest BCUT2D eigenvalue weighted by Crippen LogP contribution is -2.36. The molecule has 0 unspecified atom stereocenters. The molecule has 2 aliphatic rings. The summed E-state index contributed by atoms with van der Waals surface area (Å²) in [5, 5.41) is 9.07. The molecule has 1 amide bonds. The third-order valence-corrected chi connectivity index (χ3v) is 4.70. The maximum absolute atomic E-state index is 11.0. The van der Waals surface area contributed by atoms with Crippen molar-refractivity contribution in [3.05, 3.63) is 27.8 Å². The number of amides is 1. The molecule has 0 saturated carbocycles. The fraction of sp³-hybridized carbons (Fsp3) is 0.462. The number of carboxylic acid groups (broad SMARTS) is 1. The summed E-state index contributed by atoms with van der Waals surface area (Å²) >= 11 is 2.30. The van der Waals surface area contributed by atoms with E-state index in [4.69, 9.17) is 5.11 Å². The first-order valence-electron chi connectivity index (χ1n) is 6.15. The Hall–Kier alpha value is -0.980. The van der Waals surface area contributed by atoms with Gasteiger partial charge in [-0.1, -0.05) is 0 Å². The van der Waals surface area contributed by atoms with Crippen LogP contribution in [-0.2, 0) is 0 Å². The largest absolute Gasteiger partial charge is 0.465 e. The van der Waals surface area contributed by atoms with Crippen LogP contribution in [0.4, 0.5) is 10.5 Å². The van der Waals surface area contributed by atoms with Crippen molar-refractivity contribution < 1.29 is 9.90 Å². The molecule has 2 saturated heterocycles. The van der Waals surface area contributed by atoms with Crippen molar-refractivity contribution in [2.75, 3.05) is 24.5 Å². The Kier molecular flexibility index (Phi) is 3.09. The normalized spacial score (nSPS) is 26.5.